The predicted molar refractivity (Wildman–Crippen MR) is 151 cm³/mol. The number of hydrogen-bond donors (Lipinski definition) is 4. The molecule has 0 saturated heterocycles. The van der Waals surface area contributed by atoms with Gasteiger partial charge in [0.1, 0.15) is 11.6 Å². The highest BCUT2D eigenvalue weighted by Gasteiger charge is 2.14. The predicted octanol–water partition coefficient (Wildman–Crippen LogP) is 4.55. The van der Waals surface area contributed by atoms with Gasteiger partial charge in [0.05, 0.1) is 6.10 Å². The molecule has 4 heterocycles. The fraction of sp³-hybridized carbons (Fsp3) is 0.115. The molecule has 0 saturated carbocycles. The van der Waals surface area contributed by atoms with Crippen LogP contribution in [0.5, 0.6) is 0 Å². The number of nitrogens with zero attached hydrogens (tertiary/aromatic N) is 8. The number of halogens is 2. The Kier molecular flexibility index (Phi) is 7.94. The van der Waals surface area contributed by atoms with Crippen molar-refractivity contribution in [1.29, 1.82) is 0 Å². The molecule has 0 aliphatic rings. The molecular formula is C26H24F2N12O2. The fourth-order valence-corrected chi connectivity index (χ4v) is 3.61. The van der Waals surface area contributed by atoms with Crippen LogP contribution in [0.25, 0.3) is 11.3 Å². The van der Waals surface area contributed by atoms with Gasteiger partial charge in [0.2, 0.25) is 23.2 Å². The normalized spacial score (nSPS) is 10.8. The molecule has 0 radical (unpaired) electrons. The van der Waals surface area contributed by atoms with Gasteiger partial charge in [-0.1, -0.05) is 0 Å². The van der Waals surface area contributed by atoms with Crippen LogP contribution in [-0.2, 0) is 4.74 Å². The molecule has 2 aromatic carbocycles. The second-order valence-corrected chi connectivity index (χ2v) is 8.86. The first-order valence-corrected chi connectivity index (χ1v) is 12.4. The number of carbonyl (C=O) groups excluding carboxylic acids is 1. The van der Waals surface area contributed by atoms with Gasteiger partial charge in [-0.15, -0.1) is 20.4 Å². The summed E-state index contributed by atoms with van der Waals surface area (Å²) in [7, 11) is 0. The highest BCUT2D eigenvalue weighted by molar-refractivity contribution is 5.83. The van der Waals surface area contributed by atoms with Crippen molar-refractivity contribution in [2.75, 3.05) is 21.7 Å². The number of nitrogen functional groups attached to an aromatic ring is 1. The second kappa shape index (κ2) is 12.1. The molecule has 5 N–H and O–H groups in total. The summed E-state index contributed by atoms with van der Waals surface area (Å²) in [4.78, 5) is 20.0. The second-order valence-electron chi connectivity index (χ2n) is 8.86. The number of carbonyl (C=O) groups is 1. The fourth-order valence-electron chi connectivity index (χ4n) is 3.61. The van der Waals surface area contributed by atoms with Crippen molar-refractivity contribution in [1.82, 2.24) is 39.2 Å². The molecule has 6 rings (SSSR count). The van der Waals surface area contributed by atoms with Gasteiger partial charge < -0.3 is 21.1 Å². The Bertz CT molecular complexity index is 1820. The van der Waals surface area contributed by atoms with E-state index in [9.17, 15) is 13.6 Å². The van der Waals surface area contributed by atoms with Gasteiger partial charge in [-0.05, 0) is 62.4 Å². The highest BCUT2D eigenvalue weighted by atomic mass is 19.1. The van der Waals surface area contributed by atoms with Crippen molar-refractivity contribution in [3.63, 3.8) is 0 Å². The van der Waals surface area contributed by atoms with Gasteiger partial charge in [0.25, 0.3) is 0 Å². The van der Waals surface area contributed by atoms with Gasteiger partial charge in [-0.25, -0.2) is 23.5 Å². The number of nitrogens with two attached hydrogens (primary N) is 1. The summed E-state index contributed by atoms with van der Waals surface area (Å²) in [5.41, 5.74) is 7.91. The number of hydrogen-bond acceptors (Lipinski definition) is 11. The summed E-state index contributed by atoms with van der Waals surface area (Å²) in [6.07, 6.45) is 5.52. The number of aromatic nitrogens is 8. The van der Waals surface area contributed by atoms with Crippen LogP contribution in [0.2, 0.25) is 0 Å². The Morgan fingerprint density at radius 3 is 1.83 bits per heavy atom. The van der Waals surface area contributed by atoms with E-state index in [4.69, 9.17) is 10.5 Å². The first-order valence-electron chi connectivity index (χ1n) is 12.4. The van der Waals surface area contributed by atoms with Crippen molar-refractivity contribution in [3.05, 3.63) is 85.0 Å². The Morgan fingerprint density at radius 1 is 0.786 bits per heavy atom. The Balaban J connectivity index is 0.000000175. The van der Waals surface area contributed by atoms with Crippen LogP contribution in [0, 0.1) is 11.6 Å². The number of benzene rings is 2. The van der Waals surface area contributed by atoms with Crippen LogP contribution in [0.15, 0.2) is 73.3 Å². The van der Waals surface area contributed by atoms with Crippen LogP contribution in [-0.4, -0.2) is 51.4 Å². The van der Waals surface area contributed by atoms with Gasteiger partial charge in [-0.3, -0.25) is 14.1 Å². The molecular weight excluding hydrogens is 550 g/mol. The number of nitrogens with one attached hydrogen (secondary N) is 3. The minimum absolute atomic E-state index is 0.209. The van der Waals surface area contributed by atoms with E-state index < -0.39 is 6.09 Å². The minimum Gasteiger partial charge on any atom is -0.447 e. The molecule has 0 aliphatic carbocycles. The van der Waals surface area contributed by atoms with Crippen molar-refractivity contribution in [3.8, 4) is 0 Å². The van der Waals surface area contributed by atoms with E-state index in [0.29, 0.717) is 34.3 Å². The zero-order valence-electron chi connectivity index (χ0n) is 22.2. The maximum atomic E-state index is 13.0. The Labute approximate surface area is 236 Å². The number of ether oxygens (including phenoxy) is 1. The van der Waals surface area contributed by atoms with Crippen molar-refractivity contribution in [2.24, 2.45) is 0 Å². The number of fused-ring (bicyclic) bond motifs is 2. The summed E-state index contributed by atoms with van der Waals surface area (Å²) < 4.78 is 33.9. The van der Waals surface area contributed by atoms with E-state index in [1.54, 1.807) is 65.5 Å². The molecule has 1 amide bonds. The van der Waals surface area contributed by atoms with Crippen molar-refractivity contribution >= 4 is 52.3 Å². The van der Waals surface area contributed by atoms with E-state index in [-0.39, 0.29) is 29.6 Å². The molecule has 0 fully saturated rings. The van der Waals surface area contributed by atoms with Gasteiger partial charge in [-0.2, -0.15) is 0 Å². The molecule has 0 aliphatic heterocycles. The maximum absolute atomic E-state index is 13.0. The monoisotopic (exact) mass is 574 g/mol. The average molecular weight is 575 g/mol. The standard InChI is InChI=1S/C15H15FN6O2.C11H9FN6/c1-9(2)24-15(23)19-14-21-20-13-12(17-7-8-22(13)14)18-11-5-3-10(16)4-6-11;12-7-1-3-8(4-2-7)15-9-10-16-17-11(13)18(10)6-5-14-9/h3-9H,1-2H3,(H,17,18)(H,19,21,23);1-6H,(H2,13,17)(H,14,15). The topological polar surface area (TPSA) is 175 Å². The lowest BCUT2D eigenvalue weighted by atomic mass is 10.3. The van der Waals surface area contributed by atoms with Crippen LogP contribution in [0.1, 0.15) is 13.8 Å². The third-order valence-electron chi connectivity index (χ3n) is 5.45. The molecule has 16 heteroatoms. The molecule has 14 nitrogen and oxygen atoms in total. The van der Waals surface area contributed by atoms with E-state index in [0.717, 1.165) is 0 Å². The summed E-state index contributed by atoms with van der Waals surface area (Å²) >= 11 is 0. The highest BCUT2D eigenvalue weighted by Crippen LogP contribution is 2.21. The number of anilines is 6. The largest absolute Gasteiger partial charge is 0.447 e. The van der Waals surface area contributed by atoms with Crippen LogP contribution in [0.4, 0.5) is 48.5 Å². The summed E-state index contributed by atoms with van der Waals surface area (Å²) in [6.45, 7) is 3.49. The van der Waals surface area contributed by atoms with Crippen LogP contribution >= 0.6 is 0 Å². The molecule has 42 heavy (non-hydrogen) atoms. The smallest absolute Gasteiger partial charge is 0.414 e. The molecule has 0 spiro atoms. The Morgan fingerprint density at radius 2 is 1.29 bits per heavy atom. The molecule has 6 aromatic rings. The van der Waals surface area contributed by atoms with E-state index in [1.807, 2.05) is 0 Å². The van der Waals surface area contributed by atoms with E-state index in [1.165, 1.54) is 30.5 Å². The van der Waals surface area contributed by atoms with Gasteiger partial charge >= 0.3 is 6.09 Å². The molecule has 214 valence electrons. The summed E-state index contributed by atoms with van der Waals surface area (Å²) in [6, 6.07) is 11.8. The third-order valence-corrected chi connectivity index (χ3v) is 5.45. The van der Waals surface area contributed by atoms with E-state index in [2.05, 4.69) is 46.3 Å². The SMILES string of the molecule is CC(C)OC(=O)Nc1nnc2c(Nc3ccc(F)cc3)nccn12.Nc1nnc2c(Nc3ccc(F)cc3)nccn12. The maximum Gasteiger partial charge on any atom is 0.414 e. The van der Waals surface area contributed by atoms with Crippen molar-refractivity contribution in [2.45, 2.75) is 20.0 Å². The summed E-state index contributed by atoms with van der Waals surface area (Å²) in [5, 5.41) is 24.2. The minimum atomic E-state index is -0.621. The van der Waals surface area contributed by atoms with Crippen LogP contribution < -0.4 is 21.7 Å². The molecule has 4 aromatic heterocycles. The number of amides is 1. The lowest BCUT2D eigenvalue weighted by Gasteiger charge is -2.09. The average Bonchev–Trinajstić information content (AvgIpc) is 3.56. The molecule has 0 unspecified atom stereocenters. The zero-order valence-corrected chi connectivity index (χ0v) is 22.2. The van der Waals surface area contributed by atoms with Gasteiger partial charge in [0.15, 0.2) is 11.6 Å². The number of rotatable bonds is 6. The van der Waals surface area contributed by atoms with Gasteiger partial charge in [0, 0.05) is 36.2 Å². The third kappa shape index (κ3) is 6.44. The first-order chi connectivity index (χ1) is 20.3. The van der Waals surface area contributed by atoms with Crippen molar-refractivity contribution < 1.29 is 18.3 Å². The summed E-state index contributed by atoms with van der Waals surface area (Å²) in [5.74, 6) is 0.799. The first kappa shape index (κ1) is 27.6. The lowest BCUT2D eigenvalue weighted by Crippen LogP contribution is -2.19. The lowest BCUT2D eigenvalue weighted by molar-refractivity contribution is 0.129. The Hall–Kier alpha value is -5.93. The molecule has 0 atom stereocenters. The molecule has 0 bridgehead atoms. The van der Waals surface area contributed by atoms with Crippen LogP contribution in [0.3, 0.4) is 0 Å². The van der Waals surface area contributed by atoms with E-state index >= 15 is 0 Å². The zero-order chi connectivity index (χ0) is 29.6. The quantitative estimate of drug-likeness (QED) is 0.220.